The molecule has 37 heavy (non-hydrogen) atoms. The highest BCUT2D eigenvalue weighted by molar-refractivity contribution is 6.31. The van der Waals surface area contributed by atoms with Gasteiger partial charge in [0.15, 0.2) is 0 Å². The van der Waals surface area contributed by atoms with E-state index in [1.165, 1.54) is 36.7 Å². The number of anilines is 2. The summed E-state index contributed by atoms with van der Waals surface area (Å²) in [5.41, 5.74) is 0.163. The van der Waals surface area contributed by atoms with Crippen LogP contribution in [0.4, 0.5) is 24.8 Å². The van der Waals surface area contributed by atoms with Gasteiger partial charge in [-0.15, -0.1) is 0 Å². The zero-order chi connectivity index (χ0) is 26.6. The van der Waals surface area contributed by atoms with Crippen molar-refractivity contribution in [1.82, 2.24) is 15.3 Å². The molecule has 1 aliphatic rings. The topological polar surface area (TPSA) is 107 Å². The average Bonchev–Trinajstić information content (AvgIpc) is 2.85. The summed E-state index contributed by atoms with van der Waals surface area (Å²) in [4.78, 5) is 36.4. The Hall–Kier alpha value is -3.70. The number of hydrogen-bond donors (Lipinski definition) is 3. The Morgan fingerprint density at radius 2 is 1.81 bits per heavy atom. The van der Waals surface area contributed by atoms with Gasteiger partial charge in [-0.25, -0.2) is 23.1 Å². The van der Waals surface area contributed by atoms with Gasteiger partial charge in [0.2, 0.25) is 11.9 Å². The fraction of sp³-hybridized carbons (Fsp3) is 0.280. The van der Waals surface area contributed by atoms with Crippen LogP contribution in [0.5, 0.6) is 0 Å². The Bertz CT molecular complexity index is 1260. The number of hydrogen-bond acceptors (Lipinski definition) is 6. The lowest BCUT2D eigenvalue weighted by molar-refractivity contribution is -0.133. The van der Waals surface area contributed by atoms with Crippen LogP contribution in [0.2, 0.25) is 5.02 Å². The highest BCUT2D eigenvalue weighted by atomic mass is 35.5. The molecule has 2 amide bonds. The Labute approximate surface area is 215 Å². The first-order valence-electron chi connectivity index (χ1n) is 11.3. The number of carbonyl (C=O) groups excluding carboxylic acids is 2. The van der Waals surface area contributed by atoms with E-state index in [2.05, 4.69) is 20.6 Å². The molecular weight excluding hydrogens is 511 g/mol. The van der Waals surface area contributed by atoms with Gasteiger partial charge >= 0.3 is 0 Å². The van der Waals surface area contributed by atoms with E-state index in [9.17, 15) is 27.9 Å². The molecule has 12 heteroatoms. The zero-order valence-electron chi connectivity index (χ0n) is 19.3. The second-order valence-corrected chi connectivity index (χ2v) is 8.94. The average molecular weight is 534 g/mol. The van der Waals surface area contributed by atoms with Crippen LogP contribution in [0, 0.1) is 5.82 Å². The van der Waals surface area contributed by atoms with E-state index in [4.69, 9.17) is 11.6 Å². The molecule has 1 aliphatic carbocycles. The summed E-state index contributed by atoms with van der Waals surface area (Å²) in [5, 5.41) is 15.4. The number of aliphatic hydroxyl groups is 1. The van der Waals surface area contributed by atoms with Crippen molar-refractivity contribution < 1.29 is 27.9 Å². The number of benzene rings is 2. The Morgan fingerprint density at radius 1 is 1.11 bits per heavy atom. The summed E-state index contributed by atoms with van der Waals surface area (Å²) in [6.07, 6.45) is 1.75. The summed E-state index contributed by atoms with van der Waals surface area (Å²) in [6, 6.07) is 9.08. The number of amides is 2. The first-order valence-corrected chi connectivity index (χ1v) is 11.7. The molecular formula is C25H23ClF3N5O3. The summed E-state index contributed by atoms with van der Waals surface area (Å²) in [5.74, 6) is -5.17. The number of carbonyl (C=O) groups is 2. The molecule has 4 rings (SSSR count). The van der Waals surface area contributed by atoms with Crippen molar-refractivity contribution in [2.75, 3.05) is 16.8 Å². The van der Waals surface area contributed by atoms with Crippen LogP contribution in [0.1, 0.15) is 24.4 Å². The van der Waals surface area contributed by atoms with Crippen LogP contribution in [-0.2, 0) is 9.59 Å². The summed E-state index contributed by atoms with van der Waals surface area (Å²) in [6.45, 7) is -0.728. The van der Waals surface area contributed by atoms with Gasteiger partial charge < -0.3 is 15.7 Å². The molecule has 194 valence electrons. The van der Waals surface area contributed by atoms with Crippen LogP contribution >= 0.6 is 11.6 Å². The van der Waals surface area contributed by atoms with Gasteiger partial charge in [0.1, 0.15) is 17.9 Å². The van der Waals surface area contributed by atoms with Crippen molar-refractivity contribution in [3.05, 3.63) is 83.4 Å². The number of halogens is 4. The fourth-order valence-electron chi connectivity index (χ4n) is 4.05. The summed E-state index contributed by atoms with van der Waals surface area (Å²) >= 11 is 6.41. The maximum absolute atomic E-state index is 14.3. The van der Waals surface area contributed by atoms with Gasteiger partial charge in [-0.1, -0.05) is 35.9 Å². The molecule has 3 aromatic rings. The molecule has 1 unspecified atom stereocenters. The fourth-order valence-corrected chi connectivity index (χ4v) is 4.29. The highest BCUT2D eigenvalue weighted by Gasteiger charge is 2.47. The number of nitrogens with one attached hydrogen (secondary N) is 2. The van der Waals surface area contributed by atoms with E-state index < -0.39 is 61.1 Å². The minimum atomic E-state index is -2.89. The Balaban J connectivity index is 1.77. The maximum atomic E-state index is 14.3. The molecule has 1 saturated carbocycles. The number of rotatable bonds is 9. The lowest BCUT2D eigenvalue weighted by Gasteiger charge is -2.39. The van der Waals surface area contributed by atoms with E-state index in [1.807, 2.05) is 0 Å². The minimum absolute atomic E-state index is 0.0155. The van der Waals surface area contributed by atoms with Crippen molar-refractivity contribution in [3.8, 4) is 0 Å². The van der Waals surface area contributed by atoms with Gasteiger partial charge in [-0.2, -0.15) is 0 Å². The number of aliphatic hydroxyl groups excluding tert-OH is 1. The molecule has 0 aliphatic heterocycles. The monoisotopic (exact) mass is 533 g/mol. The molecule has 1 heterocycles. The molecule has 2 aromatic carbocycles. The van der Waals surface area contributed by atoms with Crippen molar-refractivity contribution >= 4 is 35.1 Å². The van der Waals surface area contributed by atoms with Gasteiger partial charge in [-0.3, -0.25) is 14.5 Å². The van der Waals surface area contributed by atoms with Crippen LogP contribution in [0.15, 0.2) is 67.0 Å². The molecule has 8 nitrogen and oxygen atoms in total. The third-order valence-corrected chi connectivity index (χ3v) is 6.16. The van der Waals surface area contributed by atoms with Gasteiger partial charge in [-0.05, 0) is 30.3 Å². The van der Waals surface area contributed by atoms with E-state index in [0.717, 1.165) is 17.0 Å². The van der Waals surface area contributed by atoms with Crippen molar-refractivity contribution in [1.29, 1.82) is 0 Å². The first kappa shape index (κ1) is 26.4. The van der Waals surface area contributed by atoms with E-state index in [1.54, 1.807) is 18.2 Å². The van der Waals surface area contributed by atoms with Crippen molar-refractivity contribution in [2.24, 2.45) is 0 Å². The lowest BCUT2D eigenvalue weighted by Crippen LogP contribution is -2.55. The quantitative estimate of drug-likeness (QED) is 0.387. The largest absolute Gasteiger partial charge is 0.394 e. The predicted octanol–water partition coefficient (Wildman–Crippen LogP) is 3.73. The molecule has 1 fully saturated rings. The van der Waals surface area contributed by atoms with Gasteiger partial charge in [0.05, 0.1) is 6.61 Å². The van der Waals surface area contributed by atoms with Gasteiger partial charge in [0.25, 0.3) is 11.8 Å². The van der Waals surface area contributed by atoms with E-state index in [-0.39, 0.29) is 22.2 Å². The lowest BCUT2D eigenvalue weighted by atomic mass is 9.87. The molecule has 3 N–H and O–H groups in total. The standard InChI is InChI=1S/C25H23ClF3N5O3/c26-19-8-2-1-7-18(19)21(22(36)32-16-12-25(28,29)13-16)34(17-6-3-5-15(27)11-17)23(37)20(14-35)33-24-30-9-4-10-31-24/h1-11,16,20-21,35H,12-14H2,(H,32,36)(H,30,31,33)/t20?,21-/m0/s1. The van der Waals surface area contributed by atoms with Crippen molar-refractivity contribution in [3.63, 3.8) is 0 Å². The normalized spacial score (nSPS) is 16.2. The second kappa shape index (κ2) is 11.1. The second-order valence-electron chi connectivity index (χ2n) is 8.53. The molecule has 0 spiro atoms. The van der Waals surface area contributed by atoms with E-state index >= 15 is 0 Å². The summed E-state index contributed by atoms with van der Waals surface area (Å²) < 4.78 is 41.2. The van der Waals surface area contributed by atoms with Crippen LogP contribution < -0.4 is 15.5 Å². The third-order valence-electron chi connectivity index (χ3n) is 5.82. The van der Waals surface area contributed by atoms with Crippen LogP contribution in [0.25, 0.3) is 0 Å². The third kappa shape index (κ3) is 6.17. The van der Waals surface area contributed by atoms with E-state index in [0.29, 0.717) is 0 Å². The smallest absolute Gasteiger partial charge is 0.252 e. The molecule has 0 bridgehead atoms. The minimum Gasteiger partial charge on any atom is -0.394 e. The van der Waals surface area contributed by atoms with Crippen molar-refractivity contribution in [2.45, 2.75) is 36.9 Å². The molecule has 0 radical (unpaired) electrons. The number of alkyl halides is 2. The molecule has 1 aromatic heterocycles. The van der Waals surface area contributed by atoms with Crippen LogP contribution in [0.3, 0.4) is 0 Å². The predicted molar refractivity (Wildman–Crippen MR) is 131 cm³/mol. The number of aromatic nitrogens is 2. The Kier molecular flexibility index (Phi) is 7.94. The Morgan fingerprint density at radius 3 is 2.43 bits per heavy atom. The molecule has 2 atom stereocenters. The maximum Gasteiger partial charge on any atom is 0.252 e. The summed E-state index contributed by atoms with van der Waals surface area (Å²) in [7, 11) is 0. The van der Waals surface area contributed by atoms with Crippen LogP contribution in [-0.4, -0.2) is 51.5 Å². The SMILES string of the molecule is O=C(NC1CC(F)(F)C1)[C@H](c1ccccc1Cl)N(C(=O)C(CO)Nc1ncccn1)c1cccc(F)c1. The number of nitrogens with zero attached hydrogens (tertiary/aromatic N) is 3. The first-order chi connectivity index (χ1) is 17.7. The van der Waals surface area contributed by atoms with Gasteiger partial charge in [0, 0.05) is 47.6 Å². The zero-order valence-corrected chi connectivity index (χ0v) is 20.1. The highest BCUT2D eigenvalue weighted by Crippen LogP contribution is 2.39. The molecule has 0 saturated heterocycles.